The summed E-state index contributed by atoms with van der Waals surface area (Å²) in [5, 5.41) is 0. The molecule has 0 aliphatic heterocycles. The van der Waals surface area contributed by atoms with Crippen molar-refractivity contribution in [2.24, 2.45) is 0 Å². The molecule has 0 fully saturated rings. The van der Waals surface area contributed by atoms with Gasteiger partial charge >= 0.3 is 0 Å². The van der Waals surface area contributed by atoms with Crippen molar-refractivity contribution in [3.63, 3.8) is 0 Å². The van der Waals surface area contributed by atoms with Gasteiger partial charge in [0.15, 0.2) is 6.23 Å². The van der Waals surface area contributed by atoms with Crippen molar-refractivity contribution >= 4 is 5.91 Å². The van der Waals surface area contributed by atoms with Crippen LogP contribution in [-0.2, 0) is 4.79 Å². The molecule has 0 aliphatic carbocycles. The van der Waals surface area contributed by atoms with Crippen LogP contribution >= 0.6 is 0 Å². The summed E-state index contributed by atoms with van der Waals surface area (Å²) in [5.41, 5.74) is 5.30. The number of hydrogen-bond donors (Lipinski definition) is 2. The average Bonchev–Trinajstić information content (AvgIpc) is 2.25. The van der Waals surface area contributed by atoms with Crippen molar-refractivity contribution in [3.05, 3.63) is 30.3 Å². The molecule has 1 unspecified atom stereocenters. The monoisotopic (exact) mass is 208 g/mol. The Bertz CT molecular complexity index is 301. The Hall–Kier alpha value is -1.55. The third-order valence-electron chi connectivity index (χ3n) is 1.80. The fraction of sp³-hybridized carbons (Fsp3) is 0.364. The molecule has 1 aromatic rings. The first kappa shape index (κ1) is 11.5. The lowest BCUT2D eigenvalue weighted by molar-refractivity contribution is -0.120. The maximum absolute atomic E-state index is 10.7. The van der Waals surface area contributed by atoms with Crippen molar-refractivity contribution in [2.45, 2.75) is 26.5 Å². The van der Waals surface area contributed by atoms with E-state index >= 15 is 0 Å². The second kappa shape index (κ2) is 6.03. The van der Waals surface area contributed by atoms with E-state index in [1.54, 1.807) is 0 Å². The molecule has 2 N–H and O–H groups in total. The van der Waals surface area contributed by atoms with Crippen LogP contribution in [0.2, 0.25) is 0 Å². The molecule has 0 bridgehead atoms. The summed E-state index contributed by atoms with van der Waals surface area (Å²) in [4.78, 5) is 10.7. The molecule has 0 saturated carbocycles. The number of hydrazine groups is 1. The number of hydrogen-bond acceptors (Lipinski definition) is 3. The summed E-state index contributed by atoms with van der Waals surface area (Å²) in [6.07, 6.45) is 0.547. The van der Waals surface area contributed by atoms with Crippen LogP contribution in [0.4, 0.5) is 0 Å². The van der Waals surface area contributed by atoms with Gasteiger partial charge in [-0.05, 0) is 18.6 Å². The van der Waals surface area contributed by atoms with Gasteiger partial charge in [0.2, 0.25) is 5.91 Å². The zero-order valence-electron chi connectivity index (χ0n) is 8.99. The Kier molecular flexibility index (Phi) is 4.63. The lowest BCUT2D eigenvalue weighted by Gasteiger charge is -2.18. The molecule has 0 heterocycles. The zero-order chi connectivity index (χ0) is 11.1. The van der Waals surface area contributed by atoms with Crippen molar-refractivity contribution < 1.29 is 9.53 Å². The van der Waals surface area contributed by atoms with E-state index in [0.717, 1.165) is 12.2 Å². The number of nitrogens with one attached hydrogen (secondary N) is 2. The van der Waals surface area contributed by atoms with Crippen molar-refractivity contribution in [3.8, 4) is 5.75 Å². The molecule has 0 aliphatic rings. The van der Waals surface area contributed by atoms with Crippen LogP contribution in [0.15, 0.2) is 30.3 Å². The van der Waals surface area contributed by atoms with E-state index in [1.165, 1.54) is 6.92 Å². The number of ether oxygens (including phenoxy) is 1. The van der Waals surface area contributed by atoms with Crippen LogP contribution < -0.4 is 15.6 Å². The van der Waals surface area contributed by atoms with Crippen molar-refractivity contribution in [1.82, 2.24) is 10.9 Å². The summed E-state index contributed by atoms with van der Waals surface area (Å²) in [7, 11) is 0. The smallest absolute Gasteiger partial charge is 0.231 e. The molecule has 4 nitrogen and oxygen atoms in total. The van der Waals surface area contributed by atoms with Gasteiger partial charge in [-0.2, -0.15) is 5.43 Å². The van der Waals surface area contributed by atoms with Crippen LogP contribution in [0.5, 0.6) is 5.75 Å². The number of carbonyl (C=O) groups is 1. The van der Waals surface area contributed by atoms with Gasteiger partial charge in [-0.3, -0.25) is 10.2 Å². The molecule has 1 amide bonds. The van der Waals surface area contributed by atoms with E-state index < -0.39 is 0 Å². The zero-order valence-corrected chi connectivity index (χ0v) is 8.99. The Morgan fingerprint density at radius 2 is 2.07 bits per heavy atom. The van der Waals surface area contributed by atoms with Gasteiger partial charge in [0.05, 0.1) is 0 Å². The van der Waals surface area contributed by atoms with Gasteiger partial charge in [0.25, 0.3) is 0 Å². The van der Waals surface area contributed by atoms with Crippen LogP contribution in [0, 0.1) is 0 Å². The number of para-hydroxylation sites is 1. The lowest BCUT2D eigenvalue weighted by atomic mass is 10.3. The molecule has 0 aromatic heterocycles. The van der Waals surface area contributed by atoms with E-state index in [0.29, 0.717) is 0 Å². The second-order valence-electron chi connectivity index (χ2n) is 3.15. The second-order valence-corrected chi connectivity index (χ2v) is 3.15. The number of carbonyl (C=O) groups excluding carboxylic acids is 1. The first-order valence-corrected chi connectivity index (χ1v) is 4.96. The minimum atomic E-state index is -0.212. The fourth-order valence-electron chi connectivity index (χ4n) is 1.06. The summed E-state index contributed by atoms with van der Waals surface area (Å²) in [5.74, 6) is 0.646. The van der Waals surface area contributed by atoms with Gasteiger partial charge in [0, 0.05) is 6.92 Å². The summed E-state index contributed by atoms with van der Waals surface area (Å²) in [6.45, 7) is 3.42. The Labute approximate surface area is 89.6 Å². The highest BCUT2D eigenvalue weighted by molar-refractivity contribution is 5.72. The van der Waals surface area contributed by atoms with E-state index in [4.69, 9.17) is 4.74 Å². The fourth-order valence-corrected chi connectivity index (χ4v) is 1.06. The first-order valence-electron chi connectivity index (χ1n) is 4.96. The molecular formula is C11H16N2O2. The average molecular weight is 208 g/mol. The molecule has 15 heavy (non-hydrogen) atoms. The Morgan fingerprint density at radius 1 is 1.40 bits per heavy atom. The molecule has 0 saturated heterocycles. The predicted octanol–water partition coefficient (Wildman–Crippen LogP) is 1.44. The van der Waals surface area contributed by atoms with Crippen LogP contribution in [-0.4, -0.2) is 12.1 Å². The molecule has 1 rings (SSSR count). The molecular weight excluding hydrogens is 192 g/mol. The van der Waals surface area contributed by atoms with Gasteiger partial charge in [-0.25, -0.2) is 0 Å². The van der Waals surface area contributed by atoms with E-state index in [2.05, 4.69) is 10.9 Å². The van der Waals surface area contributed by atoms with E-state index in [-0.39, 0.29) is 12.1 Å². The normalized spacial score (nSPS) is 11.9. The Morgan fingerprint density at radius 3 is 2.60 bits per heavy atom. The standard InChI is InChI=1S/C11H16N2O2/c1-3-11(13-12-9(2)14)15-10-7-5-4-6-8-10/h4-8,11,13H,3H2,1-2H3,(H,12,14). The van der Waals surface area contributed by atoms with Crippen LogP contribution in [0.3, 0.4) is 0 Å². The van der Waals surface area contributed by atoms with E-state index in [1.807, 2.05) is 37.3 Å². The summed E-state index contributed by atoms with van der Waals surface area (Å²) in [6, 6.07) is 9.48. The quantitative estimate of drug-likeness (QED) is 0.568. The first-order chi connectivity index (χ1) is 7.22. The highest BCUT2D eigenvalue weighted by Gasteiger charge is 2.06. The van der Waals surface area contributed by atoms with Gasteiger partial charge in [0.1, 0.15) is 5.75 Å². The van der Waals surface area contributed by atoms with Gasteiger partial charge in [-0.15, -0.1) is 0 Å². The topological polar surface area (TPSA) is 50.4 Å². The highest BCUT2D eigenvalue weighted by atomic mass is 16.5. The molecule has 1 atom stereocenters. The Balaban J connectivity index is 2.43. The molecule has 1 aromatic carbocycles. The van der Waals surface area contributed by atoms with Gasteiger partial charge in [-0.1, -0.05) is 25.1 Å². The molecule has 82 valence electrons. The minimum Gasteiger partial charge on any atom is -0.474 e. The van der Waals surface area contributed by atoms with E-state index in [9.17, 15) is 4.79 Å². The highest BCUT2D eigenvalue weighted by Crippen LogP contribution is 2.10. The van der Waals surface area contributed by atoms with Crippen LogP contribution in [0.25, 0.3) is 0 Å². The SMILES string of the molecule is CCC(NNC(C)=O)Oc1ccccc1. The molecule has 0 spiro atoms. The minimum absolute atomic E-state index is 0.134. The molecule has 4 heteroatoms. The van der Waals surface area contributed by atoms with Gasteiger partial charge < -0.3 is 4.74 Å². The number of rotatable bonds is 5. The predicted molar refractivity (Wildman–Crippen MR) is 58.1 cm³/mol. The maximum atomic E-state index is 10.7. The summed E-state index contributed by atoms with van der Waals surface area (Å²) >= 11 is 0. The number of amides is 1. The lowest BCUT2D eigenvalue weighted by Crippen LogP contribution is -2.45. The largest absolute Gasteiger partial charge is 0.474 e. The van der Waals surface area contributed by atoms with Crippen molar-refractivity contribution in [1.29, 1.82) is 0 Å². The van der Waals surface area contributed by atoms with Crippen molar-refractivity contribution in [2.75, 3.05) is 0 Å². The maximum Gasteiger partial charge on any atom is 0.231 e. The number of benzene rings is 1. The third kappa shape index (κ3) is 4.46. The third-order valence-corrected chi connectivity index (χ3v) is 1.80. The summed E-state index contributed by atoms with van der Waals surface area (Å²) < 4.78 is 5.59. The van der Waals surface area contributed by atoms with Crippen LogP contribution in [0.1, 0.15) is 20.3 Å². The molecule has 0 radical (unpaired) electrons.